The van der Waals surface area contributed by atoms with E-state index in [0.29, 0.717) is 0 Å². The van der Waals surface area contributed by atoms with Crippen LogP contribution in [0.2, 0.25) is 5.04 Å². The number of carbonyl (C=O) groups is 2. The first-order chi connectivity index (χ1) is 15.4. The standard InChI is InChI=1S/C26H37NO5Si/c1-25(2,3)32-23(28)18-20(27-24(29)30-7)19-31-33(26(4,5)6,21-14-10-8-11-15-21)22-16-12-9-13-17-22/h8-17,20H,18-19H2,1-7H3,(H,27,29)/t20-/m0/s1. The predicted octanol–water partition coefficient (Wildman–Crippen LogP) is 4.02. The molecular formula is C26H37NO5Si. The van der Waals surface area contributed by atoms with Crippen molar-refractivity contribution in [2.24, 2.45) is 0 Å². The van der Waals surface area contributed by atoms with E-state index in [1.165, 1.54) is 7.11 Å². The minimum Gasteiger partial charge on any atom is -0.460 e. The van der Waals surface area contributed by atoms with Crippen molar-refractivity contribution in [2.75, 3.05) is 13.7 Å². The monoisotopic (exact) mass is 471 g/mol. The summed E-state index contributed by atoms with van der Waals surface area (Å²) in [6, 6.07) is 19.8. The van der Waals surface area contributed by atoms with Crippen molar-refractivity contribution in [2.45, 2.75) is 64.6 Å². The Hall–Kier alpha value is -2.64. The summed E-state index contributed by atoms with van der Waals surface area (Å²) in [7, 11) is -1.52. The van der Waals surface area contributed by atoms with E-state index >= 15 is 0 Å². The van der Waals surface area contributed by atoms with E-state index in [2.05, 4.69) is 50.4 Å². The lowest BCUT2D eigenvalue weighted by Crippen LogP contribution is -2.67. The molecule has 0 aliphatic rings. The zero-order valence-electron chi connectivity index (χ0n) is 20.8. The van der Waals surface area contributed by atoms with Crippen molar-refractivity contribution in [1.29, 1.82) is 0 Å². The number of benzene rings is 2. The summed E-state index contributed by atoms with van der Waals surface area (Å²) < 4.78 is 17.1. The highest BCUT2D eigenvalue weighted by molar-refractivity contribution is 6.99. The average Bonchev–Trinajstić information content (AvgIpc) is 2.73. The van der Waals surface area contributed by atoms with Crippen molar-refractivity contribution in [1.82, 2.24) is 5.32 Å². The molecule has 0 unspecified atom stereocenters. The largest absolute Gasteiger partial charge is 0.460 e. The van der Waals surface area contributed by atoms with Crippen molar-refractivity contribution in [3.63, 3.8) is 0 Å². The molecule has 0 aliphatic heterocycles. The van der Waals surface area contributed by atoms with Gasteiger partial charge in [0, 0.05) is 0 Å². The first-order valence-electron chi connectivity index (χ1n) is 11.2. The number of nitrogens with one attached hydrogen (secondary N) is 1. The quantitative estimate of drug-likeness (QED) is 0.465. The summed E-state index contributed by atoms with van der Waals surface area (Å²) in [6.45, 7) is 12.1. The van der Waals surface area contributed by atoms with Crippen LogP contribution in [-0.2, 0) is 18.7 Å². The molecule has 33 heavy (non-hydrogen) atoms. The fourth-order valence-corrected chi connectivity index (χ4v) is 8.56. The van der Waals surface area contributed by atoms with Crippen molar-refractivity contribution in [3.8, 4) is 0 Å². The normalized spacial score (nSPS) is 13.2. The fraction of sp³-hybridized carbons (Fsp3) is 0.462. The summed E-state index contributed by atoms with van der Waals surface area (Å²) in [4.78, 5) is 24.6. The first kappa shape index (κ1) is 26.6. The Kier molecular flexibility index (Phi) is 8.86. The number of hydrogen-bond donors (Lipinski definition) is 1. The molecule has 0 spiro atoms. The molecule has 180 valence electrons. The van der Waals surface area contributed by atoms with Crippen LogP contribution in [0.25, 0.3) is 0 Å². The van der Waals surface area contributed by atoms with Gasteiger partial charge in [-0.25, -0.2) is 4.79 Å². The molecule has 2 rings (SSSR count). The lowest BCUT2D eigenvalue weighted by atomic mass is 10.2. The molecule has 1 amide bonds. The third kappa shape index (κ3) is 7.17. The summed E-state index contributed by atoms with van der Waals surface area (Å²) in [5, 5.41) is 4.77. The molecule has 2 aromatic rings. The van der Waals surface area contributed by atoms with Gasteiger partial charge < -0.3 is 19.2 Å². The van der Waals surface area contributed by atoms with E-state index in [1.54, 1.807) is 0 Å². The van der Waals surface area contributed by atoms with Crippen LogP contribution in [0.15, 0.2) is 60.7 Å². The number of hydrogen-bond acceptors (Lipinski definition) is 5. The Morgan fingerprint density at radius 3 is 1.76 bits per heavy atom. The van der Waals surface area contributed by atoms with Gasteiger partial charge in [-0.2, -0.15) is 0 Å². The SMILES string of the molecule is COC(=O)N[C@H](CO[Si](c1ccccc1)(c1ccccc1)C(C)(C)C)CC(=O)OC(C)(C)C. The predicted molar refractivity (Wildman–Crippen MR) is 133 cm³/mol. The van der Waals surface area contributed by atoms with E-state index in [4.69, 9.17) is 13.9 Å². The molecule has 0 saturated heterocycles. The number of ether oxygens (including phenoxy) is 2. The van der Waals surface area contributed by atoms with Gasteiger partial charge in [0.2, 0.25) is 0 Å². The van der Waals surface area contributed by atoms with Crippen molar-refractivity contribution in [3.05, 3.63) is 60.7 Å². The van der Waals surface area contributed by atoms with Crippen LogP contribution in [0.4, 0.5) is 4.79 Å². The summed E-state index contributed by atoms with van der Waals surface area (Å²) in [5.41, 5.74) is -0.619. The van der Waals surface area contributed by atoms with E-state index in [1.807, 2.05) is 57.2 Å². The molecule has 0 radical (unpaired) electrons. The Balaban J connectivity index is 2.44. The van der Waals surface area contributed by atoms with Gasteiger partial charge in [-0.1, -0.05) is 81.4 Å². The second-order valence-corrected chi connectivity index (χ2v) is 14.4. The van der Waals surface area contributed by atoms with Crippen LogP contribution >= 0.6 is 0 Å². The van der Waals surface area contributed by atoms with Crippen LogP contribution in [0.5, 0.6) is 0 Å². The lowest BCUT2D eigenvalue weighted by Gasteiger charge is -2.43. The van der Waals surface area contributed by atoms with Crippen LogP contribution in [0.3, 0.4) is 0 Å². The zero-order chi connectivity index (χ0) is 24.7. The molecule has 0 fully saturated rings. The Morgan fingerprint density at radius 1 is 0.879 bits per heavy atom. The Bertz CT molecular complexity index is 864. The topological polar surface area (TPSA) is 73.9 Å². The molecule has 0 bridgehead atoms. The van der Waals surface area contributed by atoms with Gasteiger partial charge in [0.05, 0.1) is 26.2 Å². The number of rotatable bonds is 8. The van der Waals surface area contributed by atoms with Gasteiger partial charge in [-0.3, -0.25) is 4.79 Å². The second-order valence-electron chi connectivity index (χ2n) is 10.1. The molecule has 6 nitrogen and oxygen atoms in total. The van der Waals surface area contributed by atoms with Gasteiger partial charge in [0.1, 0.15) is 5.60 Å². The van der Waals surface area contributed by atoms with Crippen LogP contribution in [0.1, 0.15) is 48.0 Å². The van der Waals surface area contributed by atoms with Crippen LogP contribution in [0, 0.1) is 0 Å². The zero-order valence-corrected chi connectivity index (χ0v) is 21.8. The molecule has 0 aliphatic carbocycles. The molecule has 2 aromatic carbocycles. The lowest BCUT2D eigenvalue weighted by molar-refractivity contribution is -0.155. The van der Waals surface area contributed by atoms with Crippen molar-refractivity contribution >= 4 is 30.8 Å². The third-order valence-corrected chi connectivity index (χ3v) is 10.3. The molecule has 1 N–H and O–H groups in total. The highest BCUT2D eigenvalue weighted by Crippen LogP contribution is 2.36. The second kappa shape index (κ2) is 11.0. The molecule has 0 heterocycles. The fourth-order valence-electron chi connectivity index (χ4n) is 3.95. The number of alkyl carbamates (subject to hydrolysis) is 1. The van der Waals surface area contributed by atoms with Gasteiger partial charge in [-0.15, -0.1) is 0 Å². The molecule has 7 heteroatoms. The maximum Gasteiger partial charge on any atom is 0.407 e. The minimum atomic E-state index is -2.82. The van der Waals surface area contributed by atoms with E-state index < -0.39 is 32.0 Å². The Morgan fingerprint density at radius 2 is 1.36 bits per heavy atom. The maximum absolute atomic E-state index is 12.5. The van der Waals surface area contributed by atoms with Gasteiger partial charge >= 0.3 is 12.1 Å². The van der Waals surface area contributed by atoms with E-state index in [0.717, 1.165) is 10.4 Å². The number of methoxy groups -OCH3 is 1. The summed E-state index contributed by atoms with van der Waals surface area (Å²) in [5.74, 6) is -0.407. The van der Waals surface area contributed by atoms with Gasteiger partial charge in [0.25, 0.3) is 8.32 Å². The van der Waals surface area contributed by atoms with Crippen LogP contribution < -0.4 is 15.7 Å². The number of esters is 1. The molecule has 0 saturated carbocycles. The van der Waals surface area contributed by atoms with E-state index in [9.17, 15) is 9.59 Å². The van der Waals surface area contributed by atoms with E-state index in [-0.39, 0.29) is 18.1 Å². The summed E-state index contributed by atoms with van der Waals surface area (Å²) in [6.07, 6.45) is -0.639. The first-order valence-corrected chi connectivity index (χ1v) is 13.1. The third-order valence-electron chi connectivity index (χ3n) is 5.26. The molecule has 0 aromatic heterocycles. The smallest absolute Gasteiger partial charge is 0.407 e. The van der Waals surface area contributed by atoms with Gasteiger partial charge in [-0.05, 0) is 36.2 Å². The average molecular weight is 472 g/mol. The Labute approximate surface area is 198 Å². The minimum absolute atomic E-state index is 0.0232. The van der Waals surface area contributed by atoms with Gasteiger partial charge in [0.15, 0.2) is 0 Å². The van der Waals surface area contributed by atoms with Crippen LogP contribution in [-0.4, -0.2) is 45.7 Å². The molecule has 1 atom stereocenters. The highest BCUT2D eigenvalue weighted by Gasteiger charge is 2.50. The van der Waals surface area contributed by atoms with Crippen molar-refractivity contribution < 1.29 is 23.5 Å². The maximum atomic E-state index is 12.5. The summed E-state index contributed by atoms with van der Waals surface area (Å²) >= 11 is 0. The number of amides is 1. The highest BCUT2D eigenvalue weighted by atomic mass is 28.4. The molecular weight excluding hydrogens is 434 g/mol. The number of carbonyl (C=O) groups excluding carboxylic acids is 2.